The molecule has 0 unspecified atom stereocenters. The maximum absolute atomic E-state index is 11.3. The molecule has 0 aliphatic rings. The van der Waals surface area contributed by atoms with E-state index < -0.39 is 0 Å². The number of tetrazole rings is 1. The molecule has 0 spiro atoms. The van der Waals surface area contributed by atoms with E-state index in [2.05, 4.69) is 15.5 Å². The molecule has 0 N–H and O–H groups in total. The van der Waals surface area contributed by atoms with Crippen LogP contribution in [0.1, 0.15) is 18.9 Å². The zero-order valence-electron chi connectivity index (χ0n) is 11.0. The molecule has 2 aromatic rings. The monoisotopic (exact) mass is 260 g/mol. The lowest BCUT2D eigenvalue weighted by Crippen LogP contribution is -2.11. The lowest BCUT2D eigenvalue weighted by Gasteiger charge is -2.05. The summed E-state index contributed by atoms with van der Waals surface area (Å²) < 4.78 is 6.49. The topological polar surface area (TPSA) is 69.9 Å². The minimum atomic E-state index is -0.243. The highest BCUT2D eigenvalue weighted by Crippen LogP contribution is 2.16. The van der Waals surface area contributed by atoms with Gasteiger partial charge in [-0.15, -0.1) is 5.10 Å². The van der Waals surface area contributed by atoms with Gasteiger partial charge in [0.1, 0.15) is 0 Å². The Bertz CT molecular complexity index is 548. The van der Waals surface area contributed by atoms with E-state index in [0.717, 1.165) is 5.56 Å². The van der Waals surface area contributed by atoms with Crippen molar-refractivity contribution >= 4 is 5.97 Å². The molecular formula is C13H16N4O2. The van der Waals surface area contributed by atoms with Gasteiger partial charge in [0, 0.05) is 5.56 Å². The fourth-order valence-corrected chi connectivity index (χ4v) is 1.69. The molecule has 2 rings (SSSR count). The summed E-state index contributed by atoms with van der Waals surface area (Å²) >= 11 is 0. The lowest BCUT2D eigenvalue weighted by atomic mass is 10.1. The highest BCUT2D eigenvalue weighted by atomic mass is 16.5. The maximum atomic E-state index is 11.3. The third-order valence-electron chi connectivity index (χ3n) is 2.67. The molecule has 0 bridgehead atoms. The smallest absolute Gasteiger partial charge is 0.307 e. The molecule has 1 aromatic heterocycles. The Morgan fingerprint density at radius 1 is 1.32 bits per heavy atom. The van der Waals surface area contributed by atoms with Crippen molar-refractivity contribution in [1.82, 2.24) is 20.2 Å². The minimum absolute atomic E-state index is 0.243. The molecule has 0 amide bonds. The standard InChI is InChI=1S/C13H16N4O2/c1-3-19-12(18)8-9-17-13(14-15-16-17)11-6-4-10(2)5-7-11/h4-7H,3,8-9H2,1-2H3. The molecule has 0 aliphatic heterocycles. The molecule has 0 atom stereocenters. The van der Waals surface area contributed by atoms with Gasteiger partial charge in [0.2, 0.25) is 0 Å². The van der Waals surface area contributed by atoms with Gasteiger partial charge in [-0.2, -0.15) is 0 Å². The van der Waals surface area contributed by atoms with E-state index in [-0.39, 0.29) is 12.4 Å². The number of hydrogen-bond acceptors (Lipinski definition) is 5. The first-order valence-corrected chi connectivity index (χ1v) is 6.19. The predicted octanol–water partition coefficient (Wildman–Crippen LogP) is 1.60. The van der Waals surface area contributed by atoms with Crippen LogP contribution >= 0.6 is 0 Å². The van der Waals surface area contributed by atoms with E-state index in [0.29, 0.717) is 19.0 Å². The van der Waals surface area contributed by atoms with Gasteiger partial charge in [0.05, 0.1) is 19.6 Å². The van der Waals surface area contributed by atoms with Crippen molar-refractivity contribution in [3.63, 3.8) is 0 Å². The first-order chi connectivity index (χ1) is 9.20. The van der Waals surface area contributed by atoms with Crippen molar-refractivity contribution in [3.05, 3.63) is 29.8 Å². The van der Waals surface area contributed by atoms with Crippen LogP contribution in [-0.2, 0) is 16.1 Å². The molecule has 0 saturated carbocycles. The van der Waals surface area contributed by atoms with Gasteiger partial charge in [0.25, 0.3) is 0 Å². The number of rotatable bonds is 5. The number of carbonyl (C=O) groups excluding carboxylic acids is 1. The molecule has 6 heteroatoms. The van der Waals surface area contributed by atoms with Gasteiger partial charge >= 0.3 is 5.97 Å². The van der Waals surface area contributed by atoms with Gasteiger partial charge in [-0.1, -0.05) is 29.8 Å². The Balaban J connectivity index is 2.09. The molecule has 1 aromatic carbocycles. The Morgan fingerprint density at radius 2 is 2.05 bits per heavy atom. The fraction of sp³-hybridized carbons (Fsp3) is 0.385. The third-order valence-corrected chi connectivity index (χ3v) is 2.67. The van der Waals surface area contributed by atoms with Crippen molar-refractivity contribution in [2.24, 2.45) is 0 Å². The number of aromatic nitrogens is 4. The molecule has 0 saturated heterocycles. The van der Waals surface area contributed by atoms with Crippen LogP contribution in [0.25, 0.3) is 11.4 Å². The lowest BCUT2D eigenvalue weighted by molar-refractivity contribution is -0.143. The van der Waals surface area contributed by atoms with Crippen LogP contribution in [-0.4, -0.2) is 32.8 Å². The summed E-state index contributed by atoms with van der Waals surface area (Å²) in [5.74, 6) is 0.414. The van der Waals surface area contributed by atoms with Crippen molar-refractivity contribution in [2.45, 2.75) is 26.8 Å². The van der Waals surface area contributed by atoms with Gasteiger partial charge in [-0.3, -0.25) is 4.79 Å². The number of benzene rings is 1. The average Bonchev–Trinajstić information content (AvgIpc) is 2.86. The number of ether oxygens (including phenoxy) is 1. The number of nitrogens with zero attached hydrogens (tertiary/aromatic N) is 4. The Labute approximate surface area is 111 Å². The van der Waals surface area contributed by atoms with E-state index in [1.165, 1.54) is 5.56 Å². The van der Waals surface area contributed by atoms with E-state index in [4.69, 9.17) is 4.74 Å². The van der Waals surface area contributed by atoms with Crippen LogP contribution in [0, 0.1) is 6.92 Å². The number of hydrogen-bond donors (Lipinski definition) is 0. The van der Waals surface area contributed by atoms with Crippen LogP contribution in [0.2, 0.25) is 0 Å². The zero-order valence-corrected chi connectivity index (χ0v) is 11.0. The summed E-state index contributed by atoms with van der Waals surface area (Å²) in [6, 6.07) is 7.92. The number of esters is 1. The van der Waals surface area contributed by atoms with E-state index in [1.807, 2.05) is 31.2 Å². The first-order valence-electron chi connectivity index (χ1n) is 6.19. The van der Waals surface area contributed by atoms with Crippen molar-refractivity contribution in [3.8, 4) is 11.4 Å². The molecule has 100 valence electrons. The van der Waals surface area contributed by atoms with Crippen LogP contribution in [0.5, 0.6) is 0 Å². The molecule has 0 aliphatic carbocycles. The Kier molecular flexibility index (Phi) is 4.22. The van der Waals surface area contributed by atoms with E-state index in [1.54, 1.807) is 11.6 Å². The zero-order chi connectivity index (χ0) is 13.7. The van der Waals surface area contributed by atoms with Gasteiger partial charge in [0.15, 0.2) is 5.82 Å². The second-order valence-electron chi connectivity index (χ2n) is 4.15. The van der Waals surface area contributed by atoms with Crippen LogP contribution in [0.15, 0.2) is 24.3 Å². The van der Waals surface area contributed by atoms with Gasteiger partial charge in [-0.05, 0) is 24.3 Å². The predicted molar refractivity (Wildman–Crippen MR) is 69.2 cm³/mol. The Hall–Kier alpha value is -2.24. The average molecular weight is 260 g/mol. The highest BCUT2D eigenvalue weighted by Gasteiger charge is 2.10. The quantitative estimate of drug-likeness (QED) is 0.764. The van der Waals surface area contributed by atoms with Crippen LogP contribution < -0.4 is 0 Å². The number of aryl methyl sites for hydroxylation is 2. The number of carbonyl (C=O) groups is 1. The molecule has 1 heterocycles. The second kappa shape index (κ2) is 6.08. The summed E-state index contributed by atoms with van der Waals surface area (Å²) in [6.45, 7) is 4.61. The van der Waals surface area contributed by atoms with Crippen LogP contribution in [0.4, 0.5) is 0 Å². The fourth-order valence-electron chi connectivity index (χ4n) is 1.69. The van der Waals surface area contributed by atoms with Crippen molar-refractivity contribution in [1.29, 1.82) is 0 Å². The first kappa shape index (κ1) is 13.2. The van der Waals surface area contributed by atoms with Crippen LogP contribution in [0.3, 0.4) is 0 Å². The summed E-state index contributed by atoms with van der Waals surface area (Å²) in [5, 5.41) is 11.5. The summed E-state index contributed by atoms with van der Waals surface area (Å²) in [6.07, 6.45) is 0.262. The Morgan fingerprint density at radius 3 is 2.74 bits per heavy atom. The van der Waals surface area contributed by atoms with E-state index >= 15 is 0 Å². The van der Waals surface area contributed by atoms with E-state index in [9.17, 15) is 4.79 Å². The summed E-state index contributed by atoms with van der Waals surface area (Å²) in [5.41, 5.74) is 2.11. The van der Waals surface area contributed by atoms with Gasteiger partial charge < -0.3 is 4.74 Å². The van der Waals surface area contributed by atoms with Crippen molar-refractivity contribution in [2.75, 3.05) is 6.61 Å². The summed E-state index contributed by atoms with van der Waals surface area (Å²) in [4.78, 5) is 11.3. The van der Waals surface area contributed by atoms with Crippen molar-refractivity contribution < 1.29 is 9.53 Å². The minimum Gasteiger partial charge on any atom is -0.466 e. The summed E-state index contributed by atoms with van der Waals surface area (Å²) in [7, 11) is 0. The molecule has 0 radical (unpaired) electrons. The van der Waals surface area contributed by atoms with Gasteiger partial charge in [-0.25, -0.2) is 4.68 Å². The third kappa shape index (κ3) is 3.37. The molecular weight excluding hydrogens is 244 g/mol. The molecule has 19 heavy (non-hydrogen) atoms. The molecule has 6 nitrogen and oxygen atoms in total. The highest BCUT2D eigenvalue weighted by molar-refractivity contribution is 5.69. The normalized spacial score (nSPS) is 10.4. The second-order valence-corrected chi connectivity index (χ2v) is 4.15. The SMILES string of the molecule is CCOC(=O)CCn1nnnc1-c1ccc(C)cc1. The largest absolute Gasteiger partial charge is 0.466 e. The maximum Gasteiger partial charge on any atom is 0.307 e. The molecule has 0 fully saturated rings.